The summed E-state index contributed by atoms with van der Waals surface area (Å²) in [5.74, 6) is 1.24. The average molecular weight is 348 g/mol. The van der Waals surface area contributed by atoms with E-state index in [1.165, 1.54) is 0 Å². The predicted molar refractivity (Wildman–Crippen MR) is 103 cm³/mol. The Hall–Kier alpha value is -3.21. The van der Waals surface area contributed by atoms with E-state index >= 15 is 0 Å². The summed E-state index contributed by atoms with van der Waals surface area (Å²) in [6, 6.07) is 19.1. The van der Waals surface area contributed by atoms with Crippen LogP contribution in [0, 0.1) is 0 Å². The van der Waals surface area contributed by atoms with Crippen molar-refractivity contribution in [2.24, 2.45) is 0 Å². The molecule has 0 bridgehead atoms. The van der Waals surface area contributed by atoms with E-state index in [4.69, 9.17) is 9.47 Å². The molecule has 3 aromatic carbocycles. The van der Waals surface area contributed by atoms with Gasteiger partial charge in [-0.3, -0.25) is 4.79 Å². The SMILES string of the molecule is C[C@@H](Nc1cccc2ccccc12)C(=O)Nc1ccc2c(c1)OCCO2. The Labute approximate surface area is 151 Å². The first-order valence-electron chi connectivity index (χ1n) is 8.65. The molecule has 1 aliphatic heterocycles. The number of fused-ring (bicyclic) bond motifs is 2. The molecule has 3 aromatic rings. The second-order valence-electron chi connectivity index (χ2n) is 6.24. The highest BCUT2D eigenvalue weighted by Crippen LogP contribution is 2.32. The normalized spacial score (nSPS) is 13.9. The maximum atomic E-state index is 12.6. The summed E-state index contributed by atoms with van der Waals surface area (Å²) >= 11 is 0. The zero-order valence-electron chi connectivity index (χ0n) is 14.5. The van der Waals surface area contributed by atoms with E-state index in [-0.39, 0.29) is 5.91 Å². The molecule has 5 heteroatoms. The minimum atomic E-state index is -0.394. The molecule has 5 nitrogen and oxygen atoms in total. The minimum Gasteiger partial charge on any atom is -0.486 e. The highest BCUT2D eigenvalue weighted by Gasteiger charge is 2.16. The number of anilines is 2. The standard InChI is InChI=1S/C21H20N2O3/c1-14(22-18-8-4-6-15-5-2-3-7-17(15)18)21(24)23-16-9-10-19-20(13-16)26-12-11-25-19/h2-10,13-14,22H,11-12H2,1H3,(H,23,24)/t14-/m1/s1. The van der Waals surface area contributed by atoms with Crippen LogP contribution in [0.25, 0.3) is 10.8 Å². The lowest BCUT2D eigenvalue weighted by atomic mass is 10.1. The molecule has 4 rings (SSSR count). The second-order valence-corrected chi connectivity index (χ2v) is 6.24. The first-order chi connectivity index (χ1) is 12.7. The molecule has 1 amide bonds. The topological polar surface area (TPSA) is 59.6 Å². The van der Waals surface area contributed by atoms with E-state index in [1.54, 1.807) is 6.07 Å². The van der Waals surface area contributed by atoms with Crippen molar-refractivity contribution < 1.29 is 14.3 Å². The first-order valence-corrected chi connectivity index (χ1v) is 8.65. The molecular weight excluding hydrogens is 328 g/mol. The molecular formula is C21H20N2O3. The van der Waals surface area contributed by atoms with Gasteiger partial charge in [0.15, 0.2) is 11.5 Å². The zero-order valence-corrected chi connectivity index (χ0v) is 14.5. The van der Waals surface area contributed by atoms with Crippen molar-refractivity contribution in [3.63, 3.8) is 0 Å². The lowest BCUT2D eigenvalue weighted by molar-refractivity contribution is -0.116. The fraction of sp³-hybridized carbons (Fsp3) is 0.190. The highest BCUT2D eigenvalue weighted by molar-refractivity contribution is 5.99. The van der Waals surface area contributed by atoms with Crippen molar-refractivity contribution in [3.8, 4) is 11.5 Å². The molecule has 0 radical (unpaired) electrons. The number of hydrogen-bond acceptors (Lipinski definition) is 4. The van der Waals surface area contributed by atoms with Gasteiger partial charge in [0.25, 0.3) is 0 Å². The van der Waals surface area contributed by atoms with Gasteiger partial charge in [-0.1, -0.05) is 36.4 Å². The largest absolute Gasteiger partial charge is 0.486 e. The van der Waals surface area contributed by atoms with E-state index in [2.05, 4.69) is 22.8 Å². The van der Waals surface area contributed by atoms with E-state index in [1.807, 2.05) is 49.4 Å². The van der Waals surface area contributed by atoms with Gasteiger partial charge >= 0.3 is 0 Å². The van der Waals surface area contributed by atoms with Gasteiger partial charge in [-0.25, -0.2) is 0 Å². The Morgan fingerprint density at radius 1 is 0.962 bits per heavy atom. The van der Waals surface area contributed by atoms with Gasteiger partial charge < -0.3 is 20.1 Å². The number of nitrogens with one attached hydrogen (secondary N) is 2. The van der Waals surface area contributed by atoms with E-state index in [9.17, 15) is 4.79 Å². The number of ether oxygens (including phenoxy) is 2. The molecule has 26 heavy (non-hydrogen) atoms. The lowest BCUT2D eigenvalue weighted by Crippen LogP contribution is -2.32. The molecule has 132 valence electrons. The molecule has 2 N–H and O–H groups in total. The lowest BCUT2D eigenvalue weighted by Gasteiger charge is -2.20. The maximum absolute atomic E-state index is 12.6. The average Bonchev–Trinajstić information content (AvgIpc) is 2.68. The molecule has 0 fully saturated rings. The van der Waals surface area contributed by atoms with Gasteiger partial charge in [-0.05, 0) is 30.5 Å². The van der Waals surface area contributed by atoms with Crippen LogP contribution in [0.15, 0.2) is 60.7 Å². The minimum absolute atomic E-state index is 0.116. The van der Waals surface area contributed by atoms with Crippen LogP contribution in [0.3, 0.4) is 0 Å². The number of amides is 1. The van der Waals surface area contributed by atoms with Crippen LogP contribution in [-0.2, 0) is 4.79 Å². The summed E-state index contributed by atoms with van der Waals surface area (Å²) in [7, 11) is 0. The Balaban J connectivity index is 1.48. The molecule has 0 saturated heterocycles. The van der Waals surface area contributed by atoms with Gasteiger partial charge in [0.05, 0.1) is 0 Å². The van der Waals surface area contributed by atoms with Crippen molar-refractivity contribution in [2.45, 2.75) is 13.0 Å². The molecule has 1 aliphatic rings. The summed E-state index contributed by atoms with van der Waals surface area (Å²) in [5, 5.41) is 8.45. The summed E-state index contributed by atoms with van der Waals surface area (Å²) in [4.78, 5) is 12.6. The number of benzene rings is 3. The fourth-order valence-corrected chi connectivity index (χ4v) is 3.02. The van der Waals surface area contributed by atoms with Crippen molar-refractivity contribution >= 4 is 28.1 Å². The number of rotatable bonds is 4. The zero-order chi connectivity index (χ0) is 17.9. The van der Waals surface area contributed by atoms with Gasteiger partial charge in [0, 0.05) is 22.8 Å². The predicted octanol–water partition coefficient (Wildman–Crippen LogP) is 4.05. The Bertz CT molecular complexity index is 950. The van der Waals surface area contributed by atoms with Crippen LogP contribution < -0.4 is 20.1 Å². The van der Waals surface area contributed by atoms with E-state index in [0.29, 0.717) is 30.4 Å². The summed E-state index contributed by atoms with van der Waals surface area (Å²) in [6.07, 6.45) is 0. The van der Waals surface area contributed by atoms with Gasteiger partial charge in [-0.15, -0.1) is 0 Å². The van der Waals surface area contributed by atoms with Gasteiger partial charge in [0.2, 0.25) is 5.91 Å². The second kappa shape index (κ2) is 6.96. The van der Waals surface area contributed by atoms with Crippen molar-refractivity contribution in [3.05, 3.63) is 60.7 Å². The molecule has 0 aliphatic carbocycles. The summed E-state index contributed by atoms with van der Waals surface area (Å²) in [6.45, 7) is 2.91. The summed E-state index contributed by atoms with van der Waals surface area (Å²) < 4.78 is 11.1. The number of carbonyl (C=O) groups excluding carboxylic acids is 1. The smallest absolute Gasteiger partial charge is 0.246 e. The summed E-state index contributed by atoms with van der Waals surface area (Å²) in [5.41, 5.74) is 1.62. The van der Waals surface area contributed by atoms with Gasteiger partial charge in [-0.2, -0.15) is 0 Å². The Kier molecular flexibility index (Phi) is 4.35. The molecule has 1 heterocycles. The number of carbonyl (C=O) groups is 1. The fourth-order valence-electron chi connectivity index (χ4n) is 3.02. The van der Waals surface area contributed by atoms with Crippen LogP contribution in [0.4, 0.5) is 11.4 Å². The maximum Gasteiger partial charge on any atom is 0.246 e. The Morgan fingerprint density at radius 2 is 1.73 bits per heavy atom. The monoisotopic (exact) mass is 348 g/mol. The van der Waals surface area contributed by atoms with Crippen molar-refractivity contribution in [2.75, 3.05) is 23.8 Å². The van der Waals surface area contributed by atoms with Crippen LogP contribution in [0.1, 0.15) is 6.92 Å². The first kappa shape index (κ1) is 16.3. The third kappa shape index (κ3) is 3.28. The van der Waals surface area contributed by atoms with Crippen LogP contribution >= 0.6 is 0 Å². The number of hydrogen-bond donors (Lipinski definition) is 2. The van der Waals surface area contributed by atoms with Crippen LogP contribution in [0.2, 0.25) is 0 Å². The quantitative estimate of drug-likeness (QED) is 0.747. The molecule has 0 spiro atoms. The molecule has 0 saturated carbocycles. The van der Waals surface area contributed by atoms with E-state index < -0.39 is 6.04 Å². The van der Waals surface area contributed by atoms with Crippen molar-refractivity contribution in [1.82, 2.24) is 0 Å². The molecule has 0 unspecified atom stereocenters. The van der Waals surface area contributed by atoms with Gasteiger partial charge in [0.1, 0.15) is 19.3 Å². The Morgan fingerprint density at radius 3 is 2.62 bits per heavy atom. The molecule has 1 atom stereocenters. The van der Waals surface area contributed by atoms with Crippen LogP contribution in [-0.4, -0.2) is 25.2 Å². The van der Waals surface area contributed by atoms with Crippen LogP contribution in [0.5, 0.6) is 11.5 Å². The molecule has 0 aromatic heterocycles. The third-order valence-electron chi connectivity index (χ3n) is 4.36. The van der Waals surface area contributed by atoms with Crippen molar-refractivity contribution in [1.29, 1.82) is 0 Å². The van der Waals surface area contributed by atoms with E-state index in [0.717, 1.165) is 16.5 Å². The third-order valence-corrected chi connectivity index (χ3v) is 4.36. The highest BCUT2D eigenvalue weighted by atomic mass is 16.6.